The van der Waals surface area contributed by atoms with Gasteiger partial charge in [-0.15, -0.1) is 6.42 Å². The third-order valence-corrected chi connectivity index (χ3v) is 4.45. The molecular weight excluding hydrogens is 264 g/mol. The van der Waals surface area contributed by atoms with E-state index in [0.29, 0.717) is 12.3 Å². The van der Waals surface area contributed by atoms with Crippen LogP contribution >= 0.6 is 0 Å². The van der Waals surface area contributed by atoms with Gasteiger partial charge in [0.05, 0.1) is 13.2 Å². The predicted octanol–water partition coefficient (Wildman–Crippen LogP) is 1.31. The second kappa shape index (κ2) is 6.45. The fraction of sp³-hybridized carbons (Fsp3) is 0.385. The number of sulfonamides is 1. The van der Waals surface area contributed by atoms with E-state index >= 15 is 0 Å². The highest BCUT2D eigenvalue weighted by molar-refractivity contribution is 7.89. The summed E-state index contributed by atoms with van der Waals surface area (Å²) in [6.45, 7) is 4.17. The van der Waals surface area contributed by atoms with E-state index in [2.05, 4.69) is 5.92 Å². The first kappa shape index (κ1) is 15.3. The standard InChI is InChI=1S/C13H18N2O3S/c1-4-9-15(5-2)19(16,17)13-10-11(14)7-8-12(13)18-6-3/h1,7-8,10H,5-6,9,14H2,2-3H3. The van der Waals surface area contributed by atoms with Crippen LogP contribution < -0.4 is 10.5 Å². The molecule has 0 radical (unpaired) electrons. The van der Waals surface area contributed by atoms with Gasteiger partial charge in [-0.25, -0.2) is 8.42 Å². The van der Waals surface area contributed by atoms with Crippen molar-refractivity contribution in [2.45, 2.75) is 18.7 Å². The molecule has 0 heterocycles. The zero-order valence-electron chi connectivity index (χ0n) is 11.1. The van der Waals surface area contributed by atoms with Gasteiger partial charge >= 0.3 is 0 Å². The van der Waals surface area contributed by atoms with Gasteiger partial charge < -0.3 is 10.5 Å². The fourth-order valence-electron chi connectivity index (χ4n) is 1.61. The van der Waals surface area contributed by atoms with Gasteiger partial charge in [-0.1, -0.05) is 12.8 Å². The van der Waals surface area contributed by atoms with E-state index in [1.54, 1.807) is 26.0 Å². The summed E-state index contributed by atoms with van der Waals surface area (Å²) in [5, 5.41) is 0. The lowest BCUT2D eigenvalue weighted by atomic mass is 10.3. The van der Waals surface area contributed by atoms with Crippen LogP contribution in [0.15, 0.2) is 23.1 Å². The Morgan fingerprint density at radius 2 is 2.11 bits per heavy atom. The molecular formula is C13H18N2O3S. The molecule has 5 nitrogen and oxygen atoms in total. The summed E-state index contributed by atoms with van der Waals surface area (Å²) in [6.07, 6.45) is 5.19. The van der Waals surface area contributed by atoms with Crippen molar-refractivity contribution in [3.05, 3.63) is 18.2 Å². The first-order chi connectivity index (χ1) is 8.97. The van der Waals surface area contributed by atoms with Crippen molar-refractivity contribution in [1.82, 2.24) is 4.31 Å². The summed E-state index contributed by atoms with van der Waals surface area (Å²) in [6, 6.07) is 4.54. The predicted molar refractivity (Wildman–Crippen MR) is 75.3 cm³/mol. The Kier molecular flexibility index (Phi) is 5.21. The molecule has 0 atom stereocenters. The van der Waals surface area contributed by atoms with E-state index in [-0.39, 0.29) is 23.7 Å². The second-order valence-electron chi connectivity index (χ2n) is 3.77. The molecule has 0 bridgehead atoms. The van der Waals surface area contributed by atoms with Crippen LogP contribution in [0.3, 0.4) is 0 Å². The minimum Gasteiger partial charge on any atom is -0.492 e. The number of hydrogen-bond acceptors (Lipinski definition) is 4. The van der Waals surface area contributed by atoms with Crippen molar-refractivity contribution in [2.75, 3.05) is 25.4 Å². The van der Waals surface area contributed by atoms with Crippen LogP contribution in [0.25, 0.3) is 0 Å². The molecule has 0 aromatic heterocycles. The van der Waals surface area contributed by atoms with Crippen LogP contribution in [0, 0.1) is 12.3 Å². The van der Waals surface area contributed by atoms with Gasteiger partial charge in [-0.3, -0.25) is 0 Å². The molecule has 19 heavy (non-hydrogen) atoms. The molecule has 0 spiro atoms. The molecule has 0 aliphatic carbocycles. The van der Waals surface area contributed by atoms with Crippen LogP contribution in [0.1, 0.15) is 13.8 Å². The molecule has 104 valence electrons. The number of nitrogen functional groups attached to an aromatic ring is 1. The summed E-state index contributed by atoms with van der Waals surface area (Å²) in [5.41, 5.74) is 6.02. The number of ether oxygens (including phenoxy) is 1. The Labute approximate surface area is 114 Å². The lowest BCUT2D eigenvalue weighted by molar-refractivity contribution is 0.329. The SMILES string of the molecule is C#CCN(CC)S(=O)(=O)c1cc(N)ccc1OCC. The zero-order valence-corrected chi connectivity index (χ0v) is 11.9. The highest BCUT2D eigenvalue weighted by atomic mass is 32.2. The molecule has 0 saturated carbocycles. The smallest absolute Gasteiger partial charge is 0.247 e. The second-order valence-corrected chi connectivity index (χ2v) is 5.68. The van der Waals surface area contributed by atoms with Gasteiger partial charge in [-0.2, -0.15) is 4.31 Å². The van der Waals surface area contributed by atoms with Gasteiger partial charge in [0, 0.05) is 12.2 Å². The number of rotatable bonds is 6. The minimum absolute atomic E-state index is 0.0131. The number of nitrogens with zero attached hydrogens (tertiary/aromatic N) is 1. The Morgan fingerprint density at radius 3 is 2.63 bits per heavy atom. The molecule has 0 fully saturated rings. The van der Waals surface area contributed by atoms with Crippen LogP contribution in [0.4, 0.5) is 5.69 Å². The van der Waals surface area contributed by atoms with E-state index in [1.807, 2.05) is 0 Å². The minimum atomic E-state index is -3.70. The monoisotopic (exact) mass is 282 g/mol. The topological polar surface area (TPSA) is 72.6 Å². The molecule has 1 aromatic carbocycles. The third-order valence-electron chi connectivity index (χ3n) is 2.51. The molecule has 6 heteroatoms. The summed E-state index contributed by atoms with van der Waals surface area (Å²) in [4.78, 5) is 0.0476. The summed E-state index contributed by atoms with van der Waals surface area (Å²) >= 11 is 0. The maximum Gasteiger partial charge on any atom is 0.247 e. The van der Waals surface area contributed by atoms with Crippen molar-refractivity contribution >= 4 is 15.7 Å². The van der Waals surface area contributed by atoms with Gasteiger partial charge in [0.1, 0.15) is 10.6 Å². The highest BCUT2D eigenvalue weighted by Gasteiger charge is 2.26. The van der Waals surface area contributed by atoms with Crippen LogP contribution in [-0.2, 0) is 10.0 Å². The van der Waals surface area contributed by atoms with Gasteiger partial charge in [0.25, 0.3) is 0 Å². The first-order valence-corrected chi connectivity index (χ1v) is 7.37. The van der Waals surface area contributed by atoms with E-state index in [0.717, 1.165) is 0 Å². The van der Waals surface area contributed by atoms with Gasteiger partial charge in [0.15, 0.2) is 0 Å². The van der Waals surface area contributed by atoms with E-state index in [1.165, 1.54) is 10.4 Å². The quantitative estimate of drug-likeness (QED) is 0.631. The number of hydrogen-bond donors (Lipinski definition) is 1. The third kappa shape index (κ3) is 3.40. The molecule has 1 rings (SSSR count). The Morgan fingerprint density at radius 1 is 1.42 bits per heavy atom. The fourth-order valence-corrected chi connectivity index (χ4v) is 3.14. The zero-order chi connectivity index (χ0) is 14.5. The van der Waals surface area contributed by atoms with Gasteiger partial charge in [0.2, 0.25) is 10.0 Å². The number of terminal acetylenes is 1. The largest absolute Gasteiger partial charge is 0.492 e. The number of anilines is 1. The van der Waals surface area contributed by atoms with Crippen molar-refractivity contribution < 1.29 is 13.2 Å². The summed E-state index contributed by atoms with van der Waals surface area (Å²) in [5.74, 6) is 2.62. The summed E-state index contributed by atoms with van der Waals surface area (Å²) < 4.78 is 31.5. The number of nitrogens with two attached hydrogens (primary N) is 1. The maximum atomic E-state index is 12.5. The van der Waals surface area contributed by atoms with Crippen molar-refractivity contribution in [3.63, 3.8) is 0 Å². The van der Waals surface area contributed by atoms with Crippen LogP contribution in [-0.4, -0.2) is 32.4 Å². The van der Waals surface area contributed by atoms with Gasteiger partial charge in [-0.05, 0) is 25.1 Å². The molecule has 0 saturated heterocycles. The molecule has 2 N–H and O–H groups in total. The Balaban J connectivity index is 3.34. The summed E-state index contributed by atoms with van der Waals surface area (Å²) in [7, 11) is -3.70. The Bertz CT molecular complexity index is 576. The normalized spacial score (nSPS) is 11.3. The molecule has 0 amide bonds. The average molecular weight is 282 g/mol. The van der Waals surface area contributed by atoms with E-state index in [9.17, 15) is 8.42 Å². The van der Waals surface area contributed by atoms with Crippen molar-refractivity contribution in [3.8, 4) is 18.1 Å². The molecule has 0 aliphatic heterocycles. The average Bonchev–Trinajstić information content (AvgIpc) is 2.38. The van der Waals surface area contributed by atoms with Crippen molar-refractivity contribution in [2.24, 2.45) is 0 Å². The van der Waals surface area contributed by atoms with Crippen LogP contribution in [0.2, 0.25) is 0 Å². The lowest BCUT2D eigenvalue weighted by Gasteiger charge is -2.20. The van der Waals surface area contributed by atoms with Crippen molar-refractivity contribution in [1.29, 1.82) is 0 Å². The molecule has 0 unspecified atom stereocenters. The molecule has 1 aromatic rings. The molecule has 0 aliphatic rings. The highest BCUT2D eigenvalue weighted by Crippen LogP contribution is 2.28. The van der Waals surface area contributed by atoms with E-state index < -0.39 is 10.0 Å². The first-order valence-electron chi connectivity index (χ1n) is 5.93. The van der Waals surface area contributed by atoms with Crippen LogP contribution in [0.5, 0.6) is 5.75 Å². The Hall–Kier alpha value is -1.71. The number of benzene rings is 1. The lowest BCUT2D eigenvalue weighted by Crippen LogP contribution is -2.31. The van der Waals surface area contributed by atoms with E-state index in [4.69, 9.17) is 16.9 Å². The maximum absolute atomic E-state index is 12.5.